The second-order valence-electron chi connectivity index (χ2n) is 4.70. The molecule has 1 N–H and O–H groups in total. The molecule has 0 atom stereocenters. The topological polar surface area (TPSA) is 28.2 Å². The summed E-state index contributed by atoms with van der Waals surface area (Å²) in [5.41, 5.74) is 2.37. The van der Waals surface area contributed by atoms with Crippen LogP contribution < -0.4 is 5.32 Å². The Bertz CT molecular complexity index is 481. The molecule has 0 saturated heterocycles. The van der Waals surface area contributed by atoms with E-state index in [-0.39, 0.29) is 0 Å². The van der Waals surface area contributed by atoms with Crippen molar-refractivity contribution in [1.82, 2.24) is 15.2 Å². The highest BCUT2D eigenvalue weighted by Gasteiger charge is 2.06. The van der Waals surface area contributed by atoms with Gasteiger partial charge in [0, 0.05) is 17.5 Å². The fourth-order valence-corrected chi connectivity index (χ4v) is 2.79. The maximum atomic E-state index is 4.71. The largest absolute Gasteiger partial charge is 0.320 e. The molecule has 19 heavy (non-hydrogen) atoms. The van der Waals surface area contributed by atoms with E-state index in [1.54, 1.807) is 11.3 Å². The first kappa shape index (κ1) is 14.2. The third-order valence-electron chi connectivity index (χ3n) is 2.97. The lowest BCUT2D eigenvalue weighted by molar-refractivity contribution is 0.318. The van der Waals surface area contributed by atoms with Gasteiger partial charge in [0.2, 0.25) is 0 Å². The standard InChI is InChI=1S/C15H21N3S/c1-16-9-6-10-18(2)11-14-12-19-15(17-14)13-7-4-3-5-8-13/h3-5,7-8,12,16H,6,9-11H2,1-2H3. The van der Waals surface area contributed by atoms with Crippen LogP contribution in [0, 0.1) is 0 Å². The van der Waals surface area contributed by atoms with Gasteiger partial charge in [-0.25, -0.2) is 4.98 Å². The molecule has 102 valence electrons. The van der Waals surface area contributed by atoms with Crippen LogP contribution in [0.3, 0.4) is 0 Å². The van der Waals surface area contributed by atoms with Crippen molar-refractivity contribution in [3.8, 4) is 10.6 Å². The minimum Gasteiger partial charge on any atom is -0.320 e. The van der Waals surface area contributed by atoms with Crippen LogP contribution in [0.5, 0.6) is 0 Å². The van der Waals surface area contributed by atoms with Crippen LogP contribution in [0.25, 0.3) is 10.6 Å². The van der Waals surface area contributed by atoms with Crippen LogP contribution in [0.1, 0.15) is 12.1 Å². The smallest absolute Gasteiger partial charge is 0.123 e. The number of nitrogens with zero attached hydrogens (tertiary/aromatic N) is 2. The van der Waals surface area contributed by atoms with E-state index >= 15 is 0 Å². The highest BCUT2D eigenvalue weighted by atomic mass is 32.1. The molecule has 2 aromatic rings. The number of hydrogen-bond donors (Lipinski definition) is 1. The van der Waals surface area contributed by atoms with Gasteiger partial charge in [0.15, 0.2) is 0 Å². The van der Waals surface area contributed by atoms with Crippen molar-refractivity contribution in [1.29, 1.82) is 0 Å². The molecule has 0 unspecified atom stereocenters. The molecule has 0 amide bonds. The van der Waals surface area contributed by atoms with Gasteiger partial charge < -0.3 is 10.2 Å². The summed E-state index contributed by atoms with van der Waals surface area (Å²) in [7, 11) is 4.14. The van der Waals surface area contributed by atoms with Gasteiger partial charge in [-0.15, -0.1) is 11.3 Å². The number of nitrogens with one attached hydrogen (secondary N) is 1. The van der Waals surface area contributed by atoms with Crippen molar-refractivity contribution in [3.05, 3.63) is 41.4 Å². The van der Waals surface area contributed by atoms with Crippen LogP contribution >= 0.6 is 11.3 Å². The van der Waals surface area contributed by atoms with Gasteiger partial charge in [-0.3, -0.25) is 0 Å². The SMILES string of the molecule is CNCCCN(C)Cc1csc(-c2ccccc2)n1. The van der Waals surface area contributed by atoms with E-state index in [4.69, 9.17) is 4.98 Å². The maximum Gasteiger partial charge on any atom is 0.123 e. The highest BCUT2D eigenvalue weighted by molar-refractivity contribution is 7.13. The van der Waals surface area contributed by atoms with Gasteiger partial charge in [-0.05, 0) is 33.6 Å². The summed E-state index contributed by atoms with van der Waals surface area (Å²) >= 11 is 1.72. The van der Waals surface area contributed by atoms with E-state index in [2.05, 4.69) is 46.9 Å². The van der Waals surface area contributed by atoms with E-state index < -0.39 is 0 Å². The van der Waals surface area contributed by atoms with Gasteiger partial charge in [-0.2, -0.15) is 0 Å². The minimum absolute atomic E-state index is 0.924. The lowest BCUT2D eigenvalue weighted by Crippen LogP contribution is -2.22. The number of hydrogen-bond acceptors (Lipinski definition) is 4. The van der Waals surface area contributed by atoms with Crippen LogP contribution in [0.2, 0.25) is 0 Å². The van der Waals surface area contributed by atoms with E-state index in [1.165, 1.54) is 12.0 Å². The Kier molecular flexibility index (Phi) is 5.51. The number of aromatic nitrogens is 1. The maximum absolute atomic E-state index is 4.71. The van der Waals surface area contributed by atoms with Gasteiger partial charge in [-0.1, -0.05) is 30.3 Å². The second kappa shape index (κ2) is 7.38. The molecule has 1 aromatic carbocycles. The first-order chi connectivity index (χ1) is 9.29. The van der Waals surface area contributed by atoms with Crippen LogP contribution in [0.15, 0.2) is 35.7 Å². The summed E-state index contributed by atoms with van der Waals surface area (Å²) in [6.45, 7) is 3.09. The minimum atomic E-state index is 0.924. The molecule has 0 aliphatic rings. The summed E-state index contributed by atoms with van der Waals surface area (Å²) in [6, 6.07) is 10.4. The quantitative estimate of drug-likeness (QED) is 0.788. The molecule has 0 spiro atoms. The van der Waals surface area contributed by atoms with Crippen molar-refractivity contribution in [3.63, 3.8) is 0 Å². The zero-order valence-electron chi connectivity index (χ0n) is 11.6. The summed E-state index contributed by atoms with van der Waals surface area (Å²) in [5, 5.41) is 6.45. The molecule has 0 saturated carbocycles. The zero-order valence-corrected chi connectivity index (χ0v) is 12.4. The van der Waals surface area contributed by atoms with E-state index in [0.29, 0.717) is 0 Å². The molecular weight excluding hydrogens is 254 g/mol. The van der Waals surface area contributed by atoms with E-state index in [0.717, 1.165) is 30.3 Å². The van der Waals surface area contributed by atoms with E-state index in [9.17, 15) is 0 Å². The lowest BCUT2D eigenvalue weighted by Gasteiger charge is -2.14. The molecule has 2 rings (SSSR count). The fourth-order valence-electron chi connectivity index (χ4n) is 1.97. The van der Waals surface area contributed by atoms with Crippen molar-refractivity contribution in [2.45, 2.75) is 13.0 Å². The first-order valence-electron chi connectivity index (χ1n) is 6.62. The van der Waals surface area contributed by atoms with Crippen molar-refractivity contribution in [2.24, 2.45) is 0 Å². The molecule has 0 fully saturated rings. The van der Waals surface area contributed by atoms with Gasteiger partial charge in [0.25, 0.3) is 0 Å². The molecule has 0 radical (unpaired) electrons. The number of rotatable bonds is 7. The van der Waals surface area contributed by atoms with E-state index in [1.807, 2.05) is 13.1 Å². The van der Waals surface area contributed by atoms with Crippen molar-refractivity contribution >= 4 is 11.3 Å². The Morgan fingerprint density at radius 2 is 2.05 bits per heavy atom. The first-order valence-corrected chi connectivity index (χ1v) is 7.50. The third-order valence-corrected chi connectivity index (χ3v) is 3.91. The second-order valence-corrected chi connectivity index (χ2v) is 5.56. The van der Waals surface area contributed by atoms with Gasteiger partial charge >= 0.3 is 0 Å². The van der Waals surface area contributed by atoms with Crippen molar-refractivity contribution < 1.29 is 0 Å². The zero-order chi connectivity index (χ0) is 13.5. The van der Waals surface area contributed by atoms with Crippen LogP contribution in [0.4, 0.5) is 0 Å². The summed E-state index contributed by atoms with van der Waals surface area (Å²) in [4.78, 5) is 7.03. The average molecular weight is 275 g/mol. The summed E-state index contributed by atoms with van der Waals surface area (Å²) < 4.78 is 0. The van der Waals surface area contributed by atoms with Crippen LogP contribution in [-0.2, 0) is 6.54 Å². The number of benzene rings is 1. The Morgan fingerprint density at radius 1 is 1.26 bits per heavy atom. The highest BCUT2D eigenvalue weighted by Crippen LogP contribution is 2.23. The molecule has 0 aliphatic heterocycles. The predicted octanol–water partition coefficient (Wildman–Crippen LogP) is 2.85. The summed E-state index contributed by atoms with van der Waals surface area (Å²) in [5.74, 6) is 0. The Hall–Kier alpha value is -1.23. The van der Waals surface area contributed by atoms with Gasteiger partial charge in [0.05, 0.1) is 5.69 Å². The van der Waals surface area contributed by atoms with Crippen molar-refractivity contribution in [2.75, 3.05) is 27.2 Å². The Balaban J connectivity index is 1.91. The van der Waals surface area contributed by atoms with Gasteiger partial charge in [0.1, 0.15) is 5.01 Å². The molecule has 0 aliphatic carbocycles. The lowest BCUT2D eigenvalue weighted by atomic mass is 10.2. The van der Waals surface area contributed by atoms with Crippen LogP contribution in [-0.4, -0.2) is 37.1 Å². The number of thiazole rings is 1. The molecule has 4 heteroatoms. The Labute approximate surface area is 119 Å². The average Bonchev–Trinajstić information content (AvgIpc) is 2.88. The molecule has 3 nitrogen and oxygen atoms in total. The monoisotopic (exact) mass is 275 g/mol. The molecule has 0 bridgehead atoms. The molecule has 1 heterocycles. The molecule has 1 aromatic heterocycles. The fraction of sp³-hybridized carbons (Fsp3) is 0.400. The third kappa shape index (κ3) is 4.42. The molecular formula is C15H21N3S. The Morgan fingerprint density at radius 3 is 2.79 bits per heavy atom. The normalized spacial score (nSPS) is 11.1. The predicted molar refractivity (Wildman–Crippen MR) is 82.4 cm³/mol. The summed E-state index contributed by atoms with van der Waals surface area (Å²) in [6.07, 6.45) is 1.17.